The van der Waals surface area contributed by atoms with Gasteiger partial charge in [0.1, 0.15) is 11.2 Å². The highest BCUT2D eigenvalue weighted by molar-refractivity contribution is 6.22. The number of hydrogen-bond donors (Lipinski definition) is 0. The van der Waals surface area contributed by atoms with E-state index in [1.54, 1.807) is 0 Å². The van der Waals surface area contributed by atoms with Gasteiger partial charge >= 0.3 is 0 Å². The first-order chi connectivity index (χ1) is 18.8. The zero-order valence-corrected chi connectivity index (χ0v) is 21.0. The van der Waals surface area contributed by atoms with Crippen LogP contribution in [0.4, 0.5) is 0 Å². The Bertz CT molecular complexity index is 2140. The molecule has 178 valence electrons. The summed E-state index contributed by atoms with van der Waals surface area (Å²) >= 11 is 0. The van der Waals surface area contributed by atoms with Gasteiger partial charge in [0.05, 0.1) is 0 Å². The monoisotopic (exact) mass is 484 g/mol. The lowest BCUT2D eigenvalue weighted by atomic mass is 9.85. The van der Waals surface area contributed by atoms with Crippen molar-refractivity contribution in [1.82, 2.24) is 0 Å². The number of fused-ring (bicyclic) bond motifs is 6. The maximum absolute atomic E-state index is 6.46. The van der Waals surface area contributed by atoms with E-state index in [1.165, 1.54) is 60.1 Å². The molecule has 0 amide bonds. The Morgan fingerprint density at radius 3 is 1.66 bits per heavy atom. The van der Waals surface area contributed by atoms with Crippen LogP contribution in [-0.4, -0.2) is 0 Å². The Morgan fingerprint density at radius 1 is 0.421 bits per heavy atom. The standard InChI is InChI=1S/C37H24O/c1-23-10-2-5-13-27(23)37-31-16-8-6-14-29(31)36(30-15-7-9-17-32(30)37)26-18-19-28-33-20-24-11-3-4-12-25(24)21-35(33)38-34(28)22-26/h2-22H,1H3. The van der Waals surface area contributed by atoms with Gasteiger partial charge in [0.2, 0.25) is 0 Å². The van der Waals surface area contributed by atoms with Crippen molar-refractivity contribution < 1.29 is 4.42 Å². The molecule has 0 spiro atoms. The van der Waals surface area contributed by atoms with Crippen molar-refractivity contribution in [2.24, 2.45) is 0 Å². The zero-order valence-electron chi connectivity index (χ0n) is 21.0. The average Bonchev–Trinajstić information content (AvgIpc) is 3.31. The first-order valence-corrected chi connectivity index (χ1v) is 13.1. The van der Waals surface area contributed by atoms with Crippen molar-refractivity contribution in [2.75, 3.05) is 0 Å². The van der Waals surface area contributed by atoms with Gasteiger partial charge < -0.3 is 4.42 Å². The third-order valence-corrected chi connectivity index (χ3v) is 7.97. The van der Waals surface area contributed by atoms with E-state index in [4.69, 9.17) is 4.42 Å². The fraction of sp³-hybridized carbons (Fsp3) is 0.0270. The molecule has 7 aromatic carbocycles. The lowest BCUT2D eigenvalue weighted by molar-refractivity contribution is 0.669. The number of aryl methyl sites for hydroxylation is 1. The van der Waals surface area contributed by atoms with E-state index in [1.807, 2.05) is 0 Å². The van der Waals surface area contributed by atoms with E-state index < -0.39 is 0 Å². The summed E-state index contributed by atoms with van der Waals surface area (Å²) < 4.78 is 6.46. The molecule has 0 N–H and O–H groups in total. The van der Waals surface area contributed by atoms with Crippen LogP contribution < -0.4 is 0 Å². The first-order valence-electron chi connectivity index (χ1n) is 13.1. The van der Waals surface area contributed by atoms with Crippen LogP contribution in [0.15, 0.2) is 132 Å². The van der Waals surface area contributed by atoms with Gasteiger partial charge in [-0.05, 0) is 91.3 Å². The molecule has 1 heterocycles. The van der Waals surface area contributed by atoms with E-state index in [9.17, 15) is 0 Å². The van der Waals surface area contributed by atoms with E-state index in [-0.39, 0.29) is 0 Å². The van der Waals surface area contributed by atoms with Gasteiger partial charge in [0.15, 0.2) is 0 Å². The van der Waals surface area contributed by atoms with Crippen LogP contribution >= 0.6 is 0 Å². The van der Waals surface area contributed by atoms with Crippen molar-refractivity contribution in [1.29, 1.82) is 0 Å². The second-order valence-corrected chi connectivity index (χ2v) is 10.2. The van der Waals surface area contributed by atoms with Crippen LogP contribution in [0.5, 0.6) is 0 Å². The first kappa shape index (κ1) is 21.2. The summed E-state index contributed by atoms with van der Waals surface area (Å²) in [5, 5.41) is 9.79. The molecule has 1 nitrogen and oxygen atoms in total. The molecule has 0 saturated carbocycles. The molecule has 0 aliphatic rings. The van der Waals surface area contributed by atoms with Crippen LogP contribution in [0.2, 0.25) is 0 Å². The molecule has 0 unspecified atom stereocenters. The van der Waals surface area contributed by atoms with Gasteiger partial charge in [-0.2, -0.15) is 0 Å². The third kappa shape index (κ3) is 3.06. The summed E-state index contributed by atoms with van der Waals surface area (Å²) in [5.41, 5.74) is 8.14. The molecule has 0 aliphatic heterocycles. The Labute approximate surface area is 220 Å². The van der Waals surface area contributed by atoms with Crippen LogP contribution in [-0.2, 0) is 0 Å². The highest BCUT2D eigenvalue weighted by atomic mass is 16.3. The molecule has 38 heavy (non-hydrogen) atoms. The molecule has 0 bridgehead atoms. The normalized spacial score (nSPS) is 11.8. The molecule has 1 aromatic heterocycles. The van der Waals surface area contributed by atoms with Crippen LogP contribution in [0, 0.1) is 6.92 Å². The quantitative estimate of drug-likeness (QED) is 0.222. The molecule has 0 saturated heterocycles. The number of furan rings is 1. The van der Waals surface area contributed by atoms with E-state index in [2.05, 4.69) is 134 Å². The predicted molar refractivity (Wildman–Crippen MR) is 162 cm³/mol. The minimum Gasteiger partial charge on any atom is -0.456 e. The fourth-order valence-corrected chi connectivity index (χ4v) is 6.20. The topological polar surface area (TPSA) is 13.1 Å². The second kappa shape index (κ2) is 8.06. The zero-order chi connectivity index (χ0) is 25.2. The minimum absolute atomic E-state index is 0.920. The summed E-state index contributed by atoms with van der Waals surface area (Å²) in [4.78, 5) is 0. The SMILES string of the molecule is Cc1ccccc1-c1c2ccccc2c(-c2ccc3c(c2)oc2cc4ccccc4cc23)c2ccccc12. The van der Waals surface area contributed by atoms with Crippen molar-refractivity contribution in [3.63, 3.8) is 0 Å². The van der Waals surface area contributed by atoms with E-state index in [0.29, 0.717) is 0 Å². The summed E-state index contributed by atoms with van der Waals surface area (Å²) in [6, 6.07) is 45.9. The maximum atomic E-state index is 6.46. The molecule has 8 aromatic rings. The van der Waals surface area contributed by atoms with Crippen LogP contribution in [0.1, 0.15) is 5.56 Å². The Hall–Kier alpha value is -4.88. The van der Waals surface area contributed by atoms with Crippen molar-refractivity contribution in [3.8, 4) is 22.3 Å². The van der Waals surface area contributed by atoms with Crippen molar-refractivity contribution in [3.05, 3.63) is 133 Å². The number of benzene rings is 7. The highest BCUT2D eigenvalue weighted by Crippen LogP contribution is 2.45. The second-order valence-electron chi connectivity index (χ2n) is 10.2. The van der Waals surface area contributed by atoms with Gasteiger partial charge in [-0.3, -0.25) is 0 Å². The smallest absolute Gasteiger partial charge is 0.136 e. The highest BCUT2D eigenvalue weighted by Gasteiger charge is 2.18. The Morgan fingerprint density at radius 2 is 0.974 bits per heavy atom. The van der Waals surface area contributed by atoms with Gasteiger partial charge in [-0.15, -0.1) is 0 Å². The minimum atomic E-state index is 0.920. The molecule has 0 atom stereocenters. The van der Waals surface area contributed by atoms with Gasteiger partial charge in [-0.1, -0.05) is 103 Å². The van der Waals surface area contributed by atoms with Gasteiger partial charge in [0, 0.05) is 10.8 Å². The summed E-state index contributed by atoms with van der Waals surface area (Å²) in [5.74, 6) is 0. The largest absolute Gasteiger partial charge is 0.456 e. The van der Waals surface area contributed by atoms with Crippen LogP contribution in [0.3, 0.4) is 0 Å². The number of rotatable bonds is 2. The molecular formula is C37H24O. The summed E-state index contributed by atoms with van der Waals surface area (Å²) in [6.45, 7) is 2.20. The maximum Gasteiger partial charge on any atom is 0.136 e. The molecule has 1 heteroatoms. The average molecular weight is 485 g/mol. The molecular weight excluding hydrogens is 460 g/mol. The predicted octanol–water partition coefficient (Wildman–Crippen LogP) is 10.7. The molecule has 0 radical (unpaired) electrons. The number of hydrogen-bond acceptors (Lipinski definition) is 1. The Kier molecular flexibility index (Phi) is 4.50. The van der Waals surface area contributed by atoms with Crippen molar-refractivity contribution >= 4 is 54.3 Å². The van der Waals surface area contributed by atoms with Gasteiger partial charge in [-0.25, -0.2) is 0 Å². The third-order valence-electron chi connectivity index (χ3n) is 7.97. The fourth-order valence-electron chi connectivity index (χ4n) is 6.20. The molecule has 0 aliphatic carbocycles. The van der Waals surface area contributed by atoms with E-state index >= 15 is 0 Å². The summed E-state index contributed by atoms with van der Waals surface area (Å²) in [6.07, 6.45) is 0. The van der Waals surface area contributed by atoms with Crippen LogP contribution in [0.25, 0.3) is 76.5 Å². The van der Waals surface area contributed by atoms with Gasteiger partial charge in [0.25, 0.3) is 0 Å². The Balaban J connectivity index is 1.46. The lowest BCUT2D eigenvalue weighted by Gasteiger charge is -2.18. The van der Waals surface area contributed by atoms with Crippen molar-refractivity contribution in [2.45, 2.75) is 6.92 Å². The van der Waals surface area contributed by atoms with E-state index in [0.717, 1.165) is 21.9 Å². The molecule has 0 fully saturated rings. The lowest BCUT2D eigenvalue weighted by Crippen LogP contribution is -1.92. The molecule has 8 rings (SSSR count). The summed E-state index contributed by atoms with van der Waals surface area (Å²) in [7, 11) is 0.